The second-order valence-electron chi connectivity index (χ2n) is 4.96. The van der Waals surface area contributed by atoms with Gasteiger partial charge in [-0.3, -0.25) is 9.89 Å². The normalized spacial score (nSPS) is 14.7. The maximum absolute atomic E-state index is 12.2. The van der Waals surface area contributed by atoms with Crippen LogP contribution >= 0.6 is 11.3 Å². The molecule has 4 nitrogen and oxygen atoms in total. The number of thiophene rings is 1. The van der Waals surface area contributed by atoms with Gasteiger partial charge in [-0.25, -0.2) is 0 Å². The average molecular weight is 271 g/mol. The average Bonchev–Trinajstić information content (AvgIpc) is 3.08. The summed E-state index contributed by atoms with van der Waals surface area (Å²) < 4.78 is 0.844. The van der Waals surface area contributed by atoms with Crippen molar-refractivity contribution in [1.29, 1.82) is 0 Å². The molecule has 0 aliphatic heterocycles. The molecule has 0 saturated carbocycles. The molecule has 0 radical (unpaired) electrons. The molecule has 5 heteroatoms. The quantitative estimate of drug-likeness (QED) is 0.715. The fourth-order valence-electron chi connectivity index (χ4n) is 2.85. The Kier molecular flexibility index (Phi) is 2.35. The van der Waals surface area contributed by atoms with E-state index in [2.05, 4.69) is 21.2 Å². The van der Waals surface area contributed by atoms with Crippen LogP contribution in [0.5, 0.6) is 0 Å². The third-order valence-corrected chi connectivity index (χ3v) is 4.96. The Morgan fingerprint density at radius 1 is 1.26 bits per heavy atom. The number of fused-ring (bicyclic) bond motifs is 3. The first-order chi connectivity index (χ1) is 9.33. The molecule has 0 spiro atoms. The molecule has 3 heterocycles. The van der Waals surface area contributed by atoms with Gasteiger partial charge < -0.3 is 4.98 Å². The number of hydrogen-bond donors (Lipinski definition) is 2. The Labute approximate surface area is 113 Å². The van der Waals surface area contributed by atoms with E-state index in [1.165, 1.54) is 18.4 Å². The lowest BCUT2D eigenvalue weighted by atomic mass is 9.93. The minimum absolute atomic E-state index is 0.0513. The van der Waals surface area contributed by atoms with E-state index in [9.17, 15) is 4.79 Å². The predicted molar refractivity (Wildman–Crippen MR) is 76.7 cm³/mol. The van der Waals surface area contributed by atoms with Crippen LogP contribution in [0.25, 0.3) is 20.5 Å². The SMILES string of the molecule is O=c1[nH]c2c(c3cc(-c4cn[nH]c4)sc13)CCCC2. The first kappa shape index (κ1) is 11.0. The van der Waals surface area contributed by atoms with Crippen LogP contribution in [0.2, 0.25) is 0 Å². The van der Waals surface area contributed by atoms with E-state index in [1.807, 2.05) is 6.20 Å². The predicted octanol–water partition coefficient (Wildman–Crippen LogP) is 2.86. The van der Waals surface area contributed by atoms with Crippen molar-refractivity contribution < 1.29 is 0 Å². The van der Waals surface area contributed by atoms with Gasteiger partial charge in [0.05, 0.1) is 6.20 Å². The number of aromatic amines is 2. The molecule has 0 atom stereocenters. The second kappa shape index (κ2) is 4.06. The van der Waals surface area contributed by atoms with Crippen molar-refractivity contribution in [2.24, 2.45) is 0 Å². The second-order valence-corrected chi connectivity index (χ2v) is 6.01. The highest BCUT2D eigenvalue weighted by Crippen LogP contribution is 2.35. The number of hydrogen-bond acceptors (Lipinski definition) is 3. The van der Waals surface area contributed by atoms with Crippen LogP contribution in [0.3, 0.4) is 0 Å². The van der Waals surface area contributed by atoms with Gasteiger partial charge in [0.25, 0.3) is 5.56 Å². The van der Waals surface area contributed by atoms with Gasteiger partial charge in [0.15, 0.2) is 0 Å². The van der Waals surface area contributed by atoms with Crippen LogP contribution in [0.1, 0.15) is 24.1 Å². The van der Waals surface area contributed by atoms with Crippen molar-refractivity contribution in [1.82, 2.24) is 15.2 Å². The summed E-state index contributed by atoms with van der Waals surface area (Å²) in [4.78, 5) is 16.3. The number of nitrogens with zero attached hydrogens (tertiary/aromatic N) is 1. The standard InChI is InChI=1S/C14H13N3OS/c18-14-13-10(9-3-1-2-4-11(9)17-14)5-12(19-13)8-6-15-16-7-8/h5-7H,1-4H2,(H,15,16)(H,17,18). The fraction of sp³-hybridized carbons (Fsp3) is 0.286. The Balaban J connectivity index is 2.02. The van der Waals surface area contributed by atoms with Gasteiger partial charge >= 0.3 is 0 Å². The van der Waals surface area contributed by atoms with Crippen molar-refractivity contribution in [2.45, 2.75) is 25.7 Å². The largest absolute Gasteiger partial charge is 0.325 e. The van der Waals surface area contributed by atoms with Crippen molar-refractivity contribution in [3.05, 3.63) is 40.1 Å². The lowest BCUT2D eigenvalue weighted by Crippen LogP contribution is -2.14. The van der Waals surface area contributed by atoms with E-state index in [0.29, 0.717) is 0 Å². The molecular weight excluding hydrogens is 258 g/mol. The number of pyridine rings is 1. The molecule has 96 valence electrons. The molecule has 3 aromatic heterocycles. The van der Waals surface area contributed by atoms with E-state index < -0.39 is 0 Å². The van der Waals surface area contributed by atoms with Crippen LogP contribution in [0.15, 0.2) is 23.3 Å². The van der Waals surface area contributed by atoms with Gasteiger partial charge in [0.2, 0.25) is 0 Å². The maximum atomic E-state index is 12.2. The zero-order valence-electron chi connectivity index (χ0n) is 10.3. The smallest absolute Gasteiger partial charge is 0.266 e. The summed E-state index contributed by atoms with van der Waals surface area (Å²) in [6, 6.07) is 2.14. The molecule has 19 heavy (non-hydrogen) atoms. The van der Waals surface area contributed by atoms with Gasteiger partial charge in [0.1, 0.15) is 4.70 Å². The number of rotatable bonds is 1. The highest BCUT2D eigenvalue weighted by atomic mass is 32.1. The molecule has 1 aliphatic carbocycles. The summed E-state index contributed by atoms with van der Waals surface area (Å²) in [6.45, 7) is 0. The first-order valence-electron chi connectivity index (χ1n) is 6.49. The molecule has 0 fully saturated rings. The zero-order valence-corrected chi connectivity index (χ0v) is 11.1. The highest BCUT2D eigenvalue weighted by Gasteiger charge is 2.17. The number of aromatic nitrogens is 3. The van der Waals surface area contributed by atoms with Crippen LogP contribution < -0.4 is 5.56 Å². The van der Waals surface area contributed by atoms with Crippen LogP contribution in [-0.4, -0.2) is 15.2 Å². The van der Waals surface area contributed by atoms with Crippen LogP contribution in [0, 0.1) is 0 Å². The van der Waals surface area contributed by atoms with Gasteiger partial charge in [0, 0.05) is 27.7 Å². The van der Waals surface area contributed by atoms with E-state index in [4.69, 9.17) is 0 Å². The van der Waals surface area contributed by atoms with Crippen molar-refractivity contribution in [3.63, 3.8) is 0 Å². The highest BCUT2D eigenvalue weighted by molar-refractivity contribution is 7.22. The Hall–Kier alpha value is -1.88. The van der Waals surface area contributed by atoms with Crippen molar-refractivity contribution in [2.75, 3.05) is 0 Å². The van der Waals surface area contributed by atoms with Gasteiger partial charge in [-0.05, 0) is 37.3 Å². The molecule has 3 aromatic rings. The fourth-order valence-corrected chi connectivity index (χ4v) is 3.91. The Morgan fingerprint density at radius 3 is 3.00 bits per heavy atom. The van der Waals surface area contributed by atoms with Crippen LogP contribution in [-0.2, 0) is 12.8 Å². The Bertz CT molecular complexity index is 798. The molecule has 0 saturated heterocycles. The summed E-state index contributed by atoms with van der Waals surface area (Å²) in [7, 11) is 0. The number of H-pyrrole nitrogens is 2. The molecule has 0 unspecified atom stereocenters. The lowest BCUT2D eigenvalue weighted by Gasteiger charge is -2.15. The first-order valence-corrected chi connectivity index (χ1v) is 7.31. The van der Waals surface area contributed by atoms with Gasteiger partial charge in [-0.1, -0.05) is 0 Å². The molecular formula is C14H13N3OS. The molecule has 0 aromatic carbocycles. The molecule has 1 aliphatic rings. The van der Waals surface area contributed by atoms with E-state index in [0.717, 1.165) is 39.1 Å². The topological polar surface area (TPSA) is 61.5 Å². The van der Waals surface area contributed by atoms with E-state index in [1.54, 1.807) is 17.5 Å². The zero-order chi connectivity index (χ0) is 12.8. The van der Waals surface area contributed by atoms with E-state index >= 15 is 0 Å². The van der Waals surface area contributed by atoms with Gasteiger partial charge in [-0.15, -0.1) is 11.3 Å². The summed E-state index contributed by atoms with van der Waals surface area (Å²) >= 11 is 1.55. The third-order valence-electron chi connectivity index (χ3n) is 3.78. The van der Waals surface area contributed by atoms with E-state index in [-0.39, 0.29) is 5.56 Å². The van der Waals surface area contributed by atoms with Crippen molar-refractivity contribution in [3.8, 4) is 10.4 Å². The maximum Gasteiger partial charge on any atom is 0.266 e. The summed E-state index contributed by atoms with van der Waals surface area (Å²) in [5.41, 5.74) is 3.58. The molecule has 4 rings (SSSR count). The minimum Gasteiger partial charge on any atom is -0.325 e. The lowest BCUT2D eigenvalue weighted by molar-refractivity contribution is 0.671. The molecule has 2 N–H and O–H groups in total. The third kappa shape index (κ3) is 1.65. The number of nitrogens with one attached hydrogen (secondary N) is 2. The summed E-state index contributed by atoms with van der Waals surface area (Å²) in [5, 5.41) is 7.93. The van der Waals surface area contributed by atoms with Gasteiger partial charge in [-0.2, -0.15) is 5.10 Å². The Morgan fingerprint density at radius 2 is 2.16 bits per heavy atom. The monoisotopic (exact) mass is 271 g/mol. The molecule has 0 bridgehead atoms. The minimum atomic E-state index is 0.0513. The number of aryl methyl sites for hydroxylation is 2. The summed E-state index contributed by atoms with van der Waals surface area (Å²) in [6.07, 6.45) is 8.12. The summed E-state index contributed by atoms with van der Waals surface area (Å²) in [5.74, 6) is 0. The van der Waals surface area contributed by atoms with Crippen molar-refractivity contribution >= 4 is 21.4 Å². The van der Waals surface area contributed by atoms with Crippen LogP contribution in [0.4, 0.5) is 0 Å². The molecule has 0 amide bonds.